The normalized spacial score (nSPS) is 13.0. The Kier molecular flexibility index (Phi) is 5.65. The van der Waals surface area contributed by atoms with Gasteiger partial charge in [0, 0.05) is 5.56 Å². The standard InChI is InChI=1S/C23H23N3O4S/c1-30-21-9-4-3-8-20(21)26(31(2,28)29)15-22(27)25-24-14-18-13-12-17-11-10-16-6-5-7-19(18)23(16)17/h3-9,12-14H,10-11,15H2,1-2H3,(H,25,27)/b24-14-. The Morgan fingerprint density at radius 2 is 1.84 bits per heavy atom. The molecule has 0 radical (unpaired) electrons. The summed E-state index contributed by atoms with van der Waals surface area (Å²) in [6.07, 6.45) is 4.71. The van der Waals surface area contributed by atoms with Crippen LogP contribution in [0.15, 0.2) is 59.7 Å². The van der Waals surface area contributed by atoms with E-state index in [-0.39, 0.29) is 0 Å². The molecule has 0 fully saturated rings. The van der Waals surface area contributed by atoms with Crippen LogP contribution in [-0.2, 0) is 27.7 Å². The molecule has 0 bridgehead atoms. The molecule has 31 heavy (non-hydrogen) atoms. The first-order chi connectivity index (χ1) is 14.9. The monoisotopic (exact) mass is 437 g/mol. The number of nitrogens with zero attached hydrogens (tertiary/aromatic N) is 2. The maximum absolute atomic E-state index is 12.5. The van der Waals surface area contributed by atoms with Crippen molar-refractivity contribution in [3.05, 3.63) is 71.3 Å². The quantitative estimate of drug-likeness (QED) is 0.455. The van der Waals surface area contributed by atoms with Crippen molar-refractivity contribution >= 4 is 38.6 Å². The van der Waals surface area contributed by atoms with Crippen molar-refractivity contribution in [2.24, 2.45) is 5.10 Å². The molecule has 3 aromatic rings. The smallest absolute Gasteiger partial charge is 0.260 e. The first kappa shape index (κ1) is 20.9. The maximum atomic E-state index is 12.5. The van der Waals surface area contributed by atoms with Gasteiger partial charge in [-0.1, -0.05) is 42.5 Å². The molecule has 1 aliphatic rings. The van der Waals surface area contributed by atoms with E-state index < -0.39 is 22.5 Å². The number of amides is 1. The molecule has 0 heterocycles. The van der Waals surface area contributed by atoms with Crippen molar-refractivity contribution in [2.75, 3.05) is 24.2 Å². The fourth-order valence-electron chi connectivity index (χ4n) is 3.94. The molecule has 7 nitrogen and oxygen atoms in total. The second-order valence-corrected chi connectivity index (χ2v) is 9.30. The summed E-state index contributed by atoms with van der Waals surface area (Å²) in [5.41, 5.74) is 6.27. The van der Waals surface area contributed by atoms with Crippen LogP contribution in [0.1, 0.15) is 16.7 Å². The number of aryl methyl sites for hydroxylation is 2. The molecule has 0 atom stereocenters. The van der Waals surface area contributed by atoms with E-state index in [1.54, 1.807) is 30.5 Å². The minimum atomic E-state index is -3.71. The number of nitrogens with one attached hydrogen (secondary N) is 1. The second-order valence-electron chi connectivity index (χ2n) is 7.39. The molecule has 1 amide bonds. The van der Waals surface area contributed by atoms with Crippen molar-refractivity contribution in [2.45, 2.75) is 12.8 Å². The van der Waals surface area contributed by atoms with E-state index in [0.717, 1.165) is 34.4 Å². The van der Waals surface area contributed by atoms with E-state index in [4.69, 9.17) is 4.74 Å². The zero-order valence-electron chi connectivity index (χ0n) is 17.3. The van der Waals surface area contributed by atoms with Crippen molar-refractivity contribution in [1.29, 1.82) is 0 Å². The fraction of sp³-hybridized carbons (Fsp3) is 0.217. The number of hydrogen-bond acceptors (Lipinski definition) is 5. The molecule has 3 aromatic carbocycles. The van der Waals surface area contributed by atoms with Crippen LogP contribution in [0, 0.1) is 0 Å². The van der Waals surface area contributed by atoms with Crippen molar-refractivity contribution in [3.8, 4) is 5.75 Å². The predicted molar refractivity (Wildman–Crippen MR) is 122 cm³/mol. The number of hydrogen-bond donors (Lipinski definition) is 1. The first-order valence-electron chi connectivity index (χ1n) is 9.84. The maximum Gasteiger partial charge on any atom is 0.260 e. The van der Waals surface area contributed by atoms with Gasteiger partial charge in [0.05, 0.1) is 25.3 Å². The highest BCUT2D eigenvalue weighted by Gasteiger charge is 2.23. The van der Waals surface area contributed by atoms with Crippen LogP contribution in [-0.4, -0.2) is 40.4 Å². The summed E-state index contributed by atoms with van der Waals surface area (Å²) in [5, 5.41) is 6.42. The Hall–Kier alpha value is -3.39. The number of para-hydroxylation sites is 2. The summed E-state index contributed by atoms with van der Waals surface area (Å²) >= 11 is 0. The van der Waals surface area contributed by atoms with E-state index in [0.29, 0.717) is 11.4 Å². The third kappa shape index (κ3) is 4.25. The van der Waals surface area contributed by atoms with Crippen molar-refractivity contribution < 1.29 is 17.9 Å². The van der Waals surface area contributed by atoms with Crippen molar-refractivity contribution in [1.82, 2.24) is 5.43 Å². The van der Waals surface area contributed by atoms with Gasteiger partial charge in [-0.25, -0.2) is 13.8 Å². The molecule has 4 rings (SSSR count). The molecule has 0 spiro atoms. The minimum absolute atomic E-state index is 0.291. The lowest BCUT2D eigenvalue weighted by Gasteiger charge is -2.23. The third-order valence-electron chi connectivity index (χ3n) is 5.34. The molecule has 0 aliphatic heterocycles. The first-order valence-corrected chi connectivity index (χ1v) is 11.7. The average Bonchev–Trinajstić information content (AvgIpc) is 3.17. The lowest BCUT2D eigenvalue weighted by atomic mass is 10.0. The van der Waals surface area contributed by atoms with Crippen LogP contribution in [0.3, 0.4) is 0 Å². The van der Waals surface area contributed by atoms with Gasteiger partial charge in [0.15, 0.2) is 0 Å². The Labute approximate surface area is 181 Å². The fourth-order valence-corrected chi connectivity index (χ4v) is 4.80. The van der Waals surface area contributed by atoms with E-state index in [1.165, 1.54) is 23.6 Å². The number of carbonyl (C=O) groups is 1. The average molecular weight is 438 g/mol. The Bertz CT molecular complexity index is 1270. The summed E-state index contributed by atoms with van der Waals surface area (Å²) in [4.78, 5) is 12.5. The highest BCUT2D eigenvalue weighted by Crippen LogP contribution is 2.32. The van der Waals surface area contributed by atoms with Gasteiger partial charge in [0.25, 0.3) is 5.91 Å². The Balaban J connectivity index is 1.52. The summed E-state index contributed by atoms with van der Waals surface area (Å²) in [5.74, 6) is -0.198. The SMILES string of the molecule is COc1ccccc1N(CC(=O)N/N=C\c1ccc2c3c(cccc13)CC2)S(C)(=O)=O. The van der Waals surface area contributed by atoms with Crippen molar-refractivity contribution in [3.63, 3.8) is 0 Å². The zero-order valence-corrected chi connectivity index (χ0v) is 18.1. The summed E-state index contributed by atoms with van der Waals surface area (Å²) in [6.45, 7) is -0.416. The van der Waals surface area contributed by atoms with Gasteiger partial charge in [-0.3, -0.25) is 9.10 Å². The predicted octanol–water partition coefficient (Wildman–Crippen LogP) is 2.86. The molecule has 1 N–H and O–H groups in total. The van der Waals surface area contributed by atoms with E-state index in [1.807, 2.05) is 18.2 Å². The molecular formula is C23H23N3O4S. The number of benzene rings is 3. The zero-order chi connectivity index (χ0) is 22.0. The highest BCUT2D eigenvalue weighted by atomic mass is 32.2. The van der Waals surface area contributed by atoms with Gasteiger partial charge >= 0.3 is 0 Å². The molecule has 0 unspecified atom stereocenters. The number of carbonyl (C=O) groups excluding carboxylic acids is 1. The number of ether oxygens (including phenoxy) is 1. The lowest BCUT2D eigenvalue weighted by Crippen LogP contribution is -2.39. The van der Waals surface area contributed by atoms with Gasteiger partial charge in [-0.15, -0.1) is 0 Å². The van der Waals surface area contributed by atoms with Gasteiger partial charge in [0.1, 0.15) is 12.3 Å². The van der Waals surface area contributed by atoms with Crippen LogP contribution in [0.4, 0.5) is 5.69 Å². The Morgan fingerprint density at radius 1 is 1.10 bits per heavy atom. The summed E-state index contributed by atoms with van der Waals surface area (Å²) < 4.78 is 30.8. The minimum Gasteiger partial charge on any atom is -0.495 e. The molecular weight excluding hydrogens is 414 g/mol. The van der Waals surface area contributed by atoms with Gasteiger partial charge in [0.2, 0.25) is 10.0 Å². The summed E-state index contributed by atoms with van der Waals surface area (Å²) in [7, 11) is -2.27. The van der Waals surface area contributed by atoms with Crippen LogP contribution in [0.25, 0.3) is 10.8 Å². The number of rotatable bonds is 7. The largest absolute Gasteiger partial charge is 0.495 e. The highest BCUT2D eigenvalue weighted by molar-refractivity contribution is 7.92. The van der Waals surface area contributed by atoms with Gasteiger partial charge in [-0.2, -0.15) is 5.10 Å². The summed E-state index contributed by atoms with van der Waals surface area (Å²) in [6, 6.07) is 16.9. The number of sulfonamides is 1. The topological polar surface area (TPSA) is 88.1 Å². The van der Waals surface area contributed by atoms with E-state index in [9.17, 15) is 13.2 Å². The van der Waals surface area contributed by atoms with Crippen LogP contribution >= 0.6 is 0 Å². The molecule has 0 saturated heterocycles. The van der Waals surface area contributed by atoms with Crippen LogP contribution < -0.4 is 14.5 Å². The molecule has 0 saturated carbocycles. The molecule has 160 valence electrons. The Morgan fingerprint density at radius 3 is 2.58 bits per heavy atom. The number of methoxy groups -OCH3 is 1. The molecule has 0 aromatic heterocycles. The van der Waals surface area contributed by atoms with Gasteiger partial charge < -0.3 is 4.74 Å². The number of anilines is 1. The lowest BCUT2D eigenvalue weighted by molar-refractivity contribution is -0.119. The van der Waals surface area contributed by atoms with Crippen LogP contribution in [0.5, 0.6) is 5.75 Å². The van der Waals surface area contributed by atoms with Gasteiger partial charge in [-0.05, 0) is 46.9 Å². The van der Waals surface area contributed by atoms with Crippen LogP contribution in [0.2, 0.25) is 0 Å². The second kappa shape index (κ2) is 8.39. The van der Waals surface area contributed by atoms with E-state index >= 15 is 0 Å². The van der Waals surface area contributed by atoms with E-state index in [2.05, 4.69) is 22.7 Å². The molecule has 1 aliphatic carbocycles. The molecule has 8 heteroatoms. The third-order valence-corrected chi connectivity index (χ3v) is 6.47. The number of hydrazone groups is 1.